The summed E-state index contributed by atoms with van der Waals surface area (Å²) in [7, 11) is 0. The third-order valence-electron chi connectivity index (χ3n) is 3.41. The molecule has 1 aromatic carbocycles. The van der Waals surface area contributed by atoms with Gasteiger partial charge in [-0.05, 0) is 35.0 Å². The second kappa shape index (κ2) is 6.74. The molecule has 0 bridgehead atoms. The quantitative estimate of drug-likeness (QED) is 0.685. The fourth-order valence-corrected chi connectivity index (χ4v) is 2.77. The van der Waals surface area contributed by atoms with Gasteiger partial charge in [0.15, 0.2) is 5.82 Å². The van der Waals surface area contributed by atoms with E-state index < -0.39 is 5.82 Å². The molecule has 0 spiro atoms. The first kappa shape index (κ1) is 16.7. The topological polar surface area (TPSA) is 75.6 Å². The second-order valence-corrected chi connectivity index (χ2v) is 6.34. The van der Waals surface area contributed by atoms with E-state index >= 15 is 0 Å². The zero-order valence-electron chi connectivity index (χ0n) is 12.5. The highest BCUT2D eigenvalue weighted by Crippen LogP contribution is 2.21. The molecule has 0 saturated heterocycles. The molecule has 0 unspecified atom stereocenters. The van der Waals surface area contributed by atoms with Crippen LogP contribution in [0, 0.1) is 12.7 Å². The minimum absolute atomic E-state index is 0.168. The number of aromatic amines is 1. The van der Waals surface area contributed by atoms with Gasteiger partial charge in [0.25, 0.3) is 5.91 Å². The summed E-state index contributed by atoms with van der Waals surface area (Å²) in [6.07, 6.45) is 1.49. The molecule has 0 aliphatic heterocycles. The number of aromatic nitrogens is 4. The first-order valence-corrected chi connectivity index (χ1v) is 8.10. The van der Waals surface area contributed by atoms with Crippen LogP contribution in [0.15, 0.2) is 34.9 Å². The van der Waals surface area contributed by atoms with Crippen molar-refractivity contribution in [1.29, 1.82) is 0 Å². The molecule has 0 saturated carbocycles. The van der Waals surface area contributed by atoms with Crippen molar-refractivity contribution in [3.05, 3.63) is 62.7 Å². The maximum atomic E-state index is 13.9. The largest absolute Gasteiger partial charge is 0.304 e. The van der Waals surface area contributed by atoms with Gasteiger partial charge in [0.2, 0.25) is 0 Å². The summed E-state index contributed by atoms with van der Waals surface area (Å²) in [5, 5.41) is 13.6. The van der Waals surface area contributed by atoms with Gasteiger partial charge in [-0.3, -0.25) is 14.6 Å². The predicted molar refractivity (Wildman–Crippen MR) is 91.7 cm³/mol. The molecule has 6 nitrogen and oxygen atoms in total. The molecule has 9 heteroatoms. The van der Waals surface area contributed by atoms with E-state index in [0.29, 0.717) is 26.6 Å². The van der Waals surface area contributed by atoms with Crippen LogP contribution in [0.5, 0.6) is 0 Å². The van der Waals surface area contributed by atoms with Gasteiger partial charge in [0.1, 0.15) is 11.5 Å². The van der Waals surface area contributed by atoms with Crippen molar-refractivity contribution in [1.82, 2.24) is 20.0 Å². The number of anilines is 1. The molecule has 0 atom stereocenters. The molecule has 0 radical (unpaired) electrons. The average molecular weight is 413 g/mol. The van der Waals surface area contributed by atoms with Crippen molar-refractivity contribution < 1.29 is 9.18 Å². The van der Waals surface area contributed by atoms with E-state index in [0.717, 1.165) is 5.69 Å². The van der Waals surface area contributed by atoms with Crippen molar-refractivity contribution in [3.8, 4) is 0 Å². The standard InChI is InChI=1S/C15H12BrClFN5O/c1-8-5-13(20-15(24)14-10(16)6-19-21-14)22-23(8)7-9-11(17)3-2-4-12(9)18/h2-6H,7H2,1H3,(H,19,21)(H,20,22,24). The highest BCUT2D eigenvalue weighted by Gasteiger charge is 2.15. The second-order valence-electron chi connectivity index (χ2n) is 5.08. The van der Waals surface area contributed by atoms with Gasteiger partial charge in [0.05, 0.1) is 17.2 Å². The fraction of sp³-hybridized carbons (Fsp3) is 0.133. The van der Waals surface area contributed by atoms with E-state index in [9.17, 15) is 9.18 Å². The summed E-state index contributed by atoms with van der Waals surface area (Å²) in [6, 6.07) is 6.21. The first-order valence-electron chi connectivity index (χ1n) is 6.93. The third kappa shape index (κ3) is 3.34. The maximum absolute atomic E-state index is 13.9. The number of nitrogens with one attached hydrogen (secondary N) is 2. The summed E-state index contributed by atoms with van der Waals surface area (Å²) >= 11 is 9.26. The third-order valence-corrected chi connectivity index (χ3v) is 4.37. The van der Waals surface area contributed by atoms with E-state index in [1.807, 2.05) is 6.92 Å². The van der Waals surface area contributed by atoms with Crippen molar-refractivity contribution in [2.24, 2.45) is 0 Å². The number of hydrogen-bond acceptors (Lipinski definition) is 3. The minimum atomic E-state index is -0.399. The van der Waals surface area contributed by atoms with Gasteiger partial charge in [-0.15, -0.1) is 0 Å². The van der Waals surface area contributed by atoms with Gasteiger partial charge < -0.3 is 5.32 Å². The van der Waals surface area contributed by atoms with Crippen LogP contribution in [0.4, 0.5) is 10.2 Å². The molecule has 3 rings (SSSR count). The Morgan fingerprint density at radius 3 is 2.96 bits per heavy atom. The highest BCUT2D eigenvalue weighted by molar-refractivity contribution is 9.10. The van der Waals surface area contributed by atoms with Crippen LogP contribution in [-0.2, 0) is 6.54 Å². The Bertz CT molecular complexity index is 887. The van der Waals surface area contributed by atoms with Crippen LogP contribution < -0.4 is 5.32 Å². The molecule has 0 aliphatic carbocycles. The molecular formula is C15H12BrClFN5O. The number of amides is 1. The number of H-pyrrole nitrogens is 1. The SMILES string of the molecule is Cc1cc(NC(=O)c2[nH]ncc2Br)nn1Cc1c(F)cccc1Cl. The fourth-order valence-electron chi connectivity index (χ4n) is 2.17. The number of carbonyl (C=O) groups excluding carboxylic acids is 1. The predicted octanol–water partition coefficient (Wildman–Crippen LogP) is 3.77. The molecule has 2 heterocycles. The van der Waals surface area contributed by atoms with E-state index in [-0.39, 0.29) is 12.5 Å². The van der Waals surface area contributed by atoms with Crippen molar-refractivity contribution in [2.45, 2.75) is 13.5 Å². The summed E-state index contributed by atoms with van der Waals surface area (Å²) in [4.78, 5) is 12.1. The molecule has 1 amide bonds. The highest BCUT2D eigenvalue weighted by atomic mass is 79.9. The number of nitrogens with zero attached hydrogens (tertiary/aromatic N) is 3. The number of aryl methyl sites for hydroxylation is 1. The lowest BCUT2D eigenvalue weighted by Gasteiger charge is -2.07. The molecule has 3 aromatic rings. The van der Waals surface area contributed by atoms with Crippen molar-refractivity contribution >= 4 is 39.3 Å². The minimum Gasteiger partial charge on any atom is -0.304 e. The summed E-state index contributed by atoms with van der Waals surface area (Å²) in [6.45, 7) is 1.98. The van der Waals surface area contributed by atoms with Crippen LogP contribution >= 0.6 is 27.5 Å². The van der Waals surface area contributed by atoms with E-state index in [4.69, 9.17) is 11.6 Å². The Morgan fingerprint density at radius 1 is 1.50 bits per heavy atom. The number of benzene rings is 1. The molecule has 0 fully saturated rings. The van der Waals surface area contributed by atoms with Crippen molar-refractivity contribution in [2.75, 3.05) is 5.32 Å². The van der Waals surface area contributed by atoms with Crippen LogP contribution in [0.1, 0.15) is 21.7 Å². The van der Waals surface area contributed by atoms with Crippen LogP contribution in [0.2, 0.25) is 5.02 Å². The lowest BCUT2D eigenvalue weighted by atomic mass is 10.2. The van der Waals surface area contributed by atoms with Crippen LogP contribution in [-0.4, -0.2) is 25.9 Å². The van der Waals surface area contributed by atoms with Crippen LogP contribution in [0.3, 0.4) is 0 Å². The van der Waals surface area contributed by atoms with Crippen molar-refractivity contribution in [3.63, 3.8) is 0 Å². The van der Waals surface area contributed by atoms with Gasteiger partial charge in [-0.1, -0.05) is 17.7 Å². The lowest BCUT2D eigenvalue weighted by molar-refractivity contribution is 0.102. The summed E-state index contributed by atoms with van der Waals surface area (Å²) in [5.41, 5.74) is 1.40. The zero-order valence-corrected chi connectivity index (χ0v) is 14.8. The first-order chi connectivity index (χ1) is 11.5. The Labute approximate surface area is 150 Å². The molecule has 24 heavy (non-hydrogen) atoms. The van der Waals surface area contributed by atoms with E-state index in [1.54, 1.807) is 22.9 Å². The number of carbonyl (C=O) groups is 1. The maximum Gasteiger partial charge on any atom is 0.276 e. The lowest BCUT2D eigenvalue weighted by Crippen LogP contribution is -2.14. The molecule has 124 valence electrons. The average Bonchev–Trinajstić information content (AvgIpc) is 3.09. The van der Waals surface area contributed by atoms with Gasteiger partial charge in [0, 0.05) is 22.3 Å². The molecular weight excluding hydrogens is 401 g/mol. The van der Waals surface area contributed by atoms with Gasteiger partial charge >= 0.3 is 0 Å². The summed E-state index contributed by atoms with van der Waals surface area (Å²) < 4.78 is 16.0. The van der Waals surface area contributed by atoms with E-state index in [2.05, 4.69) is 36.5 Å². The monoisotopic (exact) mass is 411 g/mol. The van der Waals surface area contributed by atoms with Crippen LogP contribution in [0.25, 0.3) is 0 Å². The Hall–Kier alpha value is -2.19. The zero-order chi connectivity index (χ0) is 17.3. The normalized spacial score (nSPS) is 10.8. The molecule has 0 aliphatic rings. The summed E-state index contributed by atoms with van der Waals surface area (Å²) in [5.74, 6) is -0.427. The molecule has 2 aromatic heterocycles. The number of rotatable bonds is 4. The smallest absolute Gasteiger partial charge is 0.276 e. The number of hydrogen-bond donors (Lipinski definition) is 2. The Kier molecular flexibility index (Phi) is 4.68. The van der Waals surface area contributed by atoms with Gasteiger partial charge in [-0.2, -0.15) is 10.2 Å². The molecule has 2 N–H and O–H groups in total. The number of halogens is 3. The van der Waals surface area contributed by atoms with Gasteiger partial charge in [-0.25, -0.2) is 4.39 Å². The Morgan fingerprint density at radius 2 is 2.29 bits per heavy atom. The van der Waals surface area contributed by atoms with E-state index in [1.165, 1.54) is 12.3 Å². The Balaban J connectivity index is 1.81.